The predicted octanol–water partition coefficient (Wildman–Crippen LogP) is 3.86. The van der Waals surface area contributed by atoms with Crippen LogP contribution in [0.4, 0.5) is 10.1 Å². The van der Waals surface area contributed by atoms with Gasteiger partial charge in [-0.25, -0.2) is 4.39 Å². The topological polar surface area (TPSA) is 79.9 Å². The van der Waals surface area contributed by atoms with E-state index in [1.165, 1.54) is 26.3 Å². The van der Waals surface area contributed by atoms with Crippen molar-refractivity contribution in [2.75, 3.05) is 30.5 Å². The van der Waals surface area contributed by atoms with Crippen LogP contribution in [0.1, 0.15) is 37.0 Å². The molecule has 3 aromatic rings. The van der Waals surface area contributed by atoms with Crippen molar-refractivity contribution < 1.29 is 17.9 Å². The molecule has 0 fully saturated rings. The van der Waals surface area contributed by atoms with E-state index in [4.69, 9.17) is 0 Å². The van der Waals surface area contributed by atoms with Gasteiger partial charge in [-0.05, 0) is 61.2 Å². The summed E-state index contributed by atoms with van der Waals surface area (Å²) in [5.74, 6) is -0.257. The van der Waals surface area contributed by atoms with Crippen molar-refractivity contribution >= 4 is 32.4 Å². The molecule has 2 N–H and O–H groups in total. The van der Waals surface area contributed by atoms with Crippen LogP contribution in [0.3, 0.4) is 0 Å². The zero-order valence-corrected chi connectivity index (χ0v) is 20.9. The smallest absolute Gasteiger partial charge is 0.304 e. The summed E-state index contributed by atoms with van der Waals surface area (Å²) >= 11 is 0. The highest BCUT2D eigenvalue weighted by Gasteiger charge is 2.38. The van der Waals surface area contributed by atoms with Crippen molar-refractivity contribution in [3.63, 3.8) is 0 Å². The molecule has 1 aromatic heterocycles. The Hall–Kier alpha value is -2.72. The van der Waals surface area contributed by atoms with Crippen molar-refractivity contribution in [1.29, 1.82) is 0 Å². The lowest BCUT2D eigenvalue weighted by Gasteiger charge is -2.40. The van der Waals surface area contributed by atoms with Gasteiger partial charge in [0.15, 0.2) is 0 Å². The van der Waals surface area contributed by atoms with Crippen molar-refractivity contribution in [2.45, 2.75) is 39.5 Å². The zero-order chi connectivity index (χ0) is 24.7. The normalized spacial score (nSPS) is 18.8. The maximum Gasteiger partial charge on any atom is 0.304 e. The lowest BCUT2D eigenvalue weighted by atomic mass is 9.99. The van der Waals surface area contributed by atoms with Crippen LogP contribution >= 0.6 is 0 Å². The molecule has 7 nitrogen and oxygen atoms in total. The number of benzene rings is 2. The van der Waals surface area contributed by atoms with Crippen molar-refractivity contribution in [2.24, 2.45) is 0 Å². The van der Waals surface area contributed by atoms with Crippen molar-refractivity contribution in [3.05, 3.63) is 71.2 Å². The summed E-state index contributed by atoms with van der Waals surface area (Å²) in [6.07, 6.45) is 4.96. The highest BCUT2D eigenvalue weighted by molar-refractivity contribution is 7.90. The highest BCUT2D eigenvalue weighted by Crippen LogP contribution is 2.35. The minimum Gasteiger partial charge on any atom is -0.392 e. The minimum absolute atomic E-state index is 0.0739. The van der Waals surface area contributed by atoms with Gasteiger partial charge >= 0.3 is 10.2 Å². The van der Waals surface area contributed by atoms with Crippen LogP contribution in [-0.2, 0) is 23.4 Å². The molecule has 2 aliphatic heterocycles. The van der Waals surface area contributed by atoms with Gasteiger partial charge in [0, 0.05) is 61.4 Å². The highest BCUT2D eigenvalue weighted by atomic mass is 32.2. The molecule has 5 rings (SSSR count). The summed E-state index contributed by atoms with van der Waals surface area (Å²) in [6, 6.07) is 10.1. The molecular weight excluding hydrogens is 467 g/mol. The standard InChI is InChI=1S/C26H31FN4O3S/c1-18(2)31-16-21-13-19(17-32)3-6-26(21)30(35(31,33)34)12-11-29-9-7-20(8-10-29)24-15-28-25-14-22(27)4-5-23(24)25/h3-7,13-15,18,28,32H,8-12,16-17H2,1-2H3. The summed E-state index contributed by atoms with van der Waals surface area (Å²) in [5.41, 5.74) is 5.49. The second kappa shape index (κ2) is 9.39. The van der Waals surface area contributed by atoms with Crippen molar-refractivity contribution in [1.82, 2.24) is 14.2 Å². The number of rotatable bonds is 6. The summed E-state index contributed by atoms with van der Waals surface area (Å²) in [7, 11) is -3.64. The van der Waals surface area contributed by atoms with E-state index in [2.05, 4.69) is 16.0 Å². The van der Waals surface area contributed by atoms with Gasteiger partial charge < -0.3 is 10.1 Å². The number of fused-ring (bicyclic) bond motifs is 2. The van der Waals surface area contributed by atoms with Crippen LogP contribution in [0.15, 0.2) is 48.7 Å². The van der Waals surface area contributed by atoms with E-state index in [9.17, 15) is 17.9 Å². The Balaban J connectivity index is 1.33. The van der Waals surface area contributed by atoms with Gasteiger partial charge in [0.25, 0.3) is 0 Å². The zero-order valence-electron chi connectivity index (χ0n) is 20.0. The molecule has 186 valence electrons. The maximum absolute atomic E-state index is 13.5. The third-order valence-electron chi connectivity index (χ3n) is 6.97. The first kappa shape index (κ1) is 24.0. The van der Waals surface area contributed by atoms with E-state index in [0.29, 0.717) is 25.3 Å². The number of nitrogens with one attached hydrogen (secondary N) is 1. The number of halogens is 1. The molecule has 2 aliphatic rings. The second-order valence-corrected chi connectivity index (χ2v) is 11.3. The van der Waals surface area contributed by atoms with Crippen LogP contribution < -0.4 is 4.31 Å². The number of hydrogen-bond acceptors (Lipinski definition) is 4. The summed E-state index contributed by atoms with van der Waals surface area (Å²) in [4.78, 5) is 5.41. The number of hydrogen-bond donors (Lipinski definition) is 2. The van der Waals surface area contributed by atoms with E-state index >= 15 is 0 Å². The van der Waals surface area contributed by atoms with E-state index in [0.717, 1.165) is 47.1 Å². The van der Waals surface area contributed by atoms with Gasteiger partial charge in [-0.3, -0.25) is 9.21 Å². The Morgan fingerprint density at radius 2 is 1.97 bits per heavy atom. The lowest BCUT2D eigenvalue weighted by molar-refractivity contribution is 0.281. The van der Waals surface area contributed by atoms with Gasteiger partial charge in [0.05, 0.1) is 12.3 Å². The fourth-order valence-electron chi connectivity index (χ4n) is 5.05. The van der Waals surface area contributed by atoms with Crippen LogP contribution in [0.5, 0.6) is 0 Å². The monoisotopic (exact) mass is 498 g/mol. The second-order valence-electron chi connectivity index (χ2n) is 9.51. The molecule has 0 spiro atoms. The molecule has 0 aliphatic carbocycles. The number of H-pyrrole nitrogens is 1. The summed E-state index contributed by atoms with van der Waals surface area (Å²) in [6.45, 7) is 6.50. The van der Waals surface area contributed by atoms with E-state index in [-0.39, 0.29) is 18.5 Å². The average Bonchev–Trinajstić information content (AvgIpc) is 3.25. The molecule has 3 heterocycles. The van der Waals surface area contributed by atoms with E-state index < -0.39 is 10.2 Å². The fraction of sp³-hybridized carbons (Fsp3) is 0.385. The number of anilines is 1. The van der Waals surface area contributed by atoms with Gasteiger partial charge in [-0.15, -0.1) is 0 Å². The first-order chi connectivity index (χ1) is 16.8. The number of aromatic amines is 1. The third kappa shape index (κ3) is 4.49. The molecule has 0 saturated heterocycles. The molecular formula is C26H31FN4O3S. The molecule has 9 heteroatoms. The van der Waals surface area contributed by atoms with Gasteiger partial charge in [0.1, 0.15) is 5.82 Å². The Labute approximate surface area is 205 Å². The van der Waals surface area contributed by atoms with E-state index in [1.54, 1.807) is 6.07 Å². The fourth-order valence-corrected chi connectivity index (χ4v) is 6.87. The number of nitrogens with zero attached hydrogens (tertiary/aromatic N) is 3. The number of aromatic nitrogens is 1. The number of aliphatic hydroxyl groups is 1. The molecule has 0 unspecified atom stereocenters. The first-order valence-electron chi connectivity index (χ1n) is 12.0. The molecule has 0 atom stereocenters. The SMILES string of the molecule is CC(C)N1Cc2cc(CO)ccc2N(CCN2CC=C(c3c[nH]c4cc(F)ccc34)CC2)S1(=O)=O. The molecule has 0 radical (unpaired) electrons. The molecule has 0 saturated carbocycles. The summed E-state index contributed by atoms with van der Waals surface area (Å²) < 4.78 is 43.4. The molecule has 35 heavy (non-hydrogen) atoms. The Kier molecular flexibility index (Phi) is 6.43. The van der Waals surface area contributed by atoms with Crippen LogP contribution in [0.2, 0.25) is 0 Å². The molecule has 2 aromatic carbocycles. The third-order valence-corrected chi connectivity index (χ3v) is 9.05. The summed E-state index contributed by atoms with van der Waals surface area (Å²) in [5, 5.41) is 10.6. The first-order valence-corrected chi connectivity index (χ1v) is 13.4. The van der Waals surface area contributed by atoms with Crippen LogP contribution in [0, 0.1) is 5.82 Å². The Bertz CT molecular complexity index is 1380. The van der Waals surface area contributed by atoms with E-state index in [1.807, 2.05) is 38.2 Å². The average molecular weight is 499 g/mol. The number of aliphatic hydroxyl groups excluding tert-OH is 1. The van der Waals surface area contributed by atoms with Gasteiger partial charge in [0.2, 0.25) is 0 Å². The molecule has 0 bridgehead atoms. The largest absolute Gasteiger partial charge is 0.392 e. The lowest BCUT2D eigenvalue weighted by Crippen LogP contribution is -2.52. The molecule has 0 amide bonds. The van der Waals surface area contributed by atoms with Crippen LogP contribution in [0.25, 0.3) is 16.5 Å². The van der Waals surface area contributed by atoms with Crippen LogP contribution in [-0.4, -0.2) is 59.9 Å². The van der Waals surface area contributed by atoms with Gasteiger partial charge in [-0.1, -0.05) is 18.2 Å². The quantitative estimate of drug-likeness (QED) is 0.541. The van der Waals surface area contributed by atoms with Crippen molar-refractivity contribution in [3.8, 4) is 0 Å². The minimum atomic E-state index is -3.64. The Morgan fingerprint density at radius 3 is 2.69 bits per heavy atom. The Morgan fingerprint density at radius 1 is 1.14 bits per heavy atom. The van der Waals surface area contributed by atoms with Gasteiger partial charge in [-0.2, -0.15) is 12.7 Å². The maximum atomic E-state index is 13.5. The predicted molar refractivity (Wildman–Crippen MR) is 137 cm³/mol.